The van der Waals surface area contributed by atoms with Crippen molar-refractivity contribution in [2.75, 3.05) is 12.3 Å². The van der Waals surface area contributed by atoms with E-state index in [9.17, 15) is 8.42 Å². The molecule has 1 atom stereocenters. The number of anilines is 1. The molecule has 1 aliphatic rings. The Morgan fingerprint density at radius 2 is 2.20 bits per heavy atom. The molecule has 0 saturated carbocycles. The van der Waals surface area contributed by atoms with E-state index >= 15 is 0 Å². The quantitative estimate of drug-likeness (QED) is 0.512. The smallest absolute Gasteiger partial charge is 0.168 e. The minimum Gasteiger partial charge on any atom is -0.399 e. The van der Waals surface area contributed by atoms with E-state index < -0.39 is 10.7 Å². The molecule has 0 amide bonds. The van der Waals surface area contributed by atoms with E-state index in [2.05, 4.69) is 5.32 Å². The Morgan fingerprint density at radius 1 is 1.40 bits per heavy atom. The Hall–Kier alpha value is -1.07. The number of nitrogen functional groups attached to an aromatic ring is 1. The number of nitrogens with two attached hydrogens (primary N) is 1. The molecule has 2 rings (SSSR count). The van der Waals surface area contributed by atoms with Crippen LogP contribution in [0.5, 0.6) is 0 Å². The van der Waals surface area contributed by atoms with Gasteiger partial charge in [0, 0.05) is 11.7 Å². The first-order valence-corrected chi connectivity index (χ1v) is 6.13. The van der Waals surface area contributed by atoms with Crippen LogP contribution in [0.1, 0.15) is 24.4 Å². The minimum atomic E-state index is -2.54. The minimum absolute atomic E-state index is 0.136. The third kappa shape index (κ3) is 2.13. The number of rotatable bonds is 2. The fourth-order valence-corrected chi connectivity index (χ4v) is 2.60. The average molecular weight is 226 g/mol. The molecule has 3 N–H and O–H groups in total. The van der Waals surface area contributed by atoms with E-state index in [1.54, 1.807) is 18.2 Å². The molecule has 4 nitrogen and oxygen atoms in total. The molecule has 82 valence electrons. The molecular weight excluding hydrogens is 212 g/mol. The molecule has 1 aromatic rings. The third-order valence-electron chi connectivity index (χ3n) is 2.68. The Bertz CT molecular complexity index is 429. The highest BCUT2D eigenvalue weighted by molar-refractivity contribution is 7.72. The Labute approximate surface area is 90.4 Å². The van der Waals surface area contributed by atoms with Gasteiger partial charge in [-0.05, 0) is 43.1 Å². The molecule has 15 heavy (non-hydrogen) atoms. The summed E-state index contributed by atoms with van der Waals surface area (Å²) in [6.45, 7) is 0.939. The molecular formula is C10H14N2O2S. The fraction of sp³-hybridized carbons (Fsp3) is 0.400. The number of hydrogen-bond acceptors (Lipinski definition) is 4. The maximum Gasteiger partial charge on any atom is 0.168 e. The van der Waals surface area contributed by atoms with Crippen LogP contribution in [0.4, 0.5) is 5.69 Å². The lowest BCUT2D eigenvalue weighted by Crippen LogP contribution is -2.14. The SMILES string of the molecule is Nc1ccc([SH](=O)=O)c([C@H]2CCCN2)c1. The summed E-state index contributed by atoms with van der Waals surface area (Å²) in [5, 5.41) is 3.27. The van der Waals surface area contributed by atoms with E-state index in [0.29, 0.717) is 10.6 Å². The molecule has 1 aliphatic heterocycles. The summed E-state index contributed by atoms with van der Waals surface area (Å²) in [7, 11) is -2.54. The van der Waals surface area contributed by atoms with Crippen LogP contribution in [0.15, 0.2) is 23.1 Å². The van der Waals surface area contributed by atoms with Gasteiger partial charge in [-0.25, -0.2) is 8.42 Å². The summed E-state index contributed by atoms with van der Waals surface area (Å²) in [4.78, 5) is 0.388. The number of nitrogens with one attached hydrogen (secondary N) is 1. The van der Waals surface area contributed by atoms with Gasteiger partial charge >= 0.3 is 0 Å². The predicted molar refractivity (Wildman–Crippen MR) is 59.4 cm³/mol. The molecule has 0 bridgehead atoms. The van der Waals surface area contributed by atoms with Gasteiger partial charge in [0.05, 0.1) is 4.90 Å². The predicted octanol–water partition coefficient (Wildman–Crippen LogP) is 0.664. The van der Waals surface area contributed by atoms with Crippen molar-refractivity contribution in [2.24, 2.45) is 0 Å². The van der Waals surface area contributed by atoms with Crippen molar-refractivity contribution in [1.82, 2.24) is 5.32 Å². The Balaban J connectivity index is 2.46. The van der Waals surface area contributed by atoms with Crippen molar-refractivity contribution in [3.63, 3.8) is 0 Å². The lowest BCUT2D eigenvalue weighted by atomic mass is 10.0. The molecule has 0 aliphatic carbocycles. The normalized spacial score (nSPS) is 21.0. The zero-order chi connectivity index (χ0) is 10.8. The first kappa shape index (κ1) is 10.4. The maximum atomic E-state index is 11.1. The summed E-state index contributed by atoms with van der Waals surface area (Å²) in [5.41, 5.74) is 7.09. The highest BCUT2D eigenvalue weighted by Crippen LogP contribution is 2.28. The fourth-order valence-electron chi connectivity index (χ4n) is 1.97. The van der Waals surface area contributed by atoms with E-state index in [4.69, 9.17) is 5.73 Å². The molecule has 1 aromatic carbocycles. The van der Waals surface area contributed by atoms with Crippen molar-refractivity contribution in [1.29, 1.82) is 0 Å². The van der Waals surface area contributed by atoms with Crippen LogP contribution in [0.3, 0.4) is 0 Å². The zero-order valence-corrected chi connectivity index (χ0v) is 9.17. The topological polar surface area (TPSA) is 72.2 Å². The van der Waals surface area contributed by atoms with Gasteiger partial charge in [-0.15, -0.1) is 0 Å². The van der Waals surface area contributed by atoms with Gasteiger partial charge in [0.25, 0.3) is 0 Å². The Morgan fingerprint density at radius 3 is 2.80 bits per heavy atom. The van der Waals surface area contributed by atoms with Crippen LogP contribution in [-0.4, -0.2) is 15.0 Å². The first-order chi connectivity index (χ1) is 7.18. The zero-order valence-electron chi connectivity index (χ0n) is 8.27. The highest BCUT2D eigenvalue weighted by Gasteiger charge is 2.20. The van der Waals surface area contributed by atoms with Gasteiger partial charge in [0.2, 0.25) is 0 Å². The van der Waals surface area contributed by atoms with Gasteiger partial charge in [-0.2, -0.15) is 0 Å². The van der Waals surface area contributed by atoms with Gasteiger partial charge < -0.3 is 11.1 Å². The van der Waals surface area contributed by atoms with Crippen molar-refractivity contribution < 1.29 is 8.42 Å². The van der Waals surface area contributed by atoms with Crippen molar-refractivity contribution >= 4 is 16.4 Å². The number of benzene rings is 1. The standard InChI is InChI=1S/C10H14N2O2S/c11-7-3-4-10(15(13)14)8(6-7)9-2-1-5-12-9/h3-4,6,9,12,15H,1-2,5,11H2/t9-/m1/s1. The lowest BCUT2D eigenvalue weighted by molar-refractivity contribution is 0.602. The van der Waals surface area contributed by atoms with Crippen molar-refractivity contribution in [3.8, 4) is 0 Å². The second kappa shape index (κ2) is 4.20. The maximum absolute atomic E-state index is 11.1. The summed E-state index contributed by atoms with van der Waals surface area (Å²) in [5.74, 6) is 0. The number of thiol groups is 1. The van der Waals surface area contributed by atoms with Crippen molar-refractivity contribution in [2.45, 2.75) is 23.8 Å². The van der Waals surface area contributed by atoms with E-state index in [0.717, 1.165) is 24.9 Å². The average Bonchev–Trinajstić information content (AvgIpc) is 2.69. The largest absolute Gasteiger partial charge is 0.399 e. The van der Waals surface area contributed by atoms with Crippen LogP contribution >= 0.6 is 0 Å². The second-order valence-corrected chi connectivity index (χ2v) is 4.72. The molecule has 5 heteroatoms. The van der Waals surface area contributed by atoms with Crippen LogP contribution in [-0.2, 0) is 10.7 Å². The molecule has 1 heterocycles. The van der Waals surface area contributed by atoms with Crippen molar-refractivity contribution in [3.05, 3.63) is 23.8 Å². The highest BCUT2D eigenvalue weighted by atomic mass is 32.2. The third-order valence-corrected chi connectivity index (χ3v) is 3.48. The van der Waals surface area contributed by atoms with E-state index in [1.807, 2.05) is 0 Å². The van der Waals surface area contributed by atoms with Crippen LogP contribution in [0.2, 0.25) is 0 Å². The summed E-state index contributed by atoms with van der Waals surface area (Å²) in [6, 6.07) is 5.09. The molecule has 0 spiro atoms. The monoisotopic (exact) mass is 226 g/mol. The number of hydrogen-bond donors (Lipinski definition) is 3. The van der Waals surface area contributed by atoms with E-state index in [-0.39, 0.29) is 6.04 Å². The van der Waals surface area contributed by atoms with Gasteiger partial charge in [-0.3, -0.25) is 0 Å². The first-order valence-electron chi connectivity index (χ1n) is 4.95. The Kier molecular flexibility index (Phi) is 2.93. The summed E-state index contributed by atoms with van der Waals surface area (Å²) < 4.78 is 22.1. The van der Waals surface area contributed by atoms with Crippen LogP contribution < -0.4 is 11.1 Å². The molecule has 1 fully saturated rings. The lowest BCUT2D eigenvalue weighted by Gasteiger charge is -2.13. The molecule has 0 unspecified atom stereocenters. The molecule has 1 saturated heterocycles. The van der Waals surface area contributed by atoms with Crippen LogP contribution in [0, 0.1) is 0 Å². The van der Waals surface area contributed by atoms with Gasteiger partial charge in [0.1, 0.15) is 0 Å². The van der Waals surface area contributed by atoms with Gasteiger partial charge in [0.15, 0.2) is 10.7 Å². The molecule has 0 radical (unpaired) electrons. The summed E-state index contributed by atoms with van der Waals surface area (Å²) >= 11 is 0. The summed E-state index contributed by atoms with van der Waals surface area (Å²) in [6.07, 6.45) is 2.05. The van der Waals surface area contributed by atoms with Gasteiger partial charge in [-0.1, -0.05) is 0 Å². The second-order valence-electron chi connectivity index (χ2n) is 3.72. The molecule has 0 aromatic heterocycles. The van der Waals surface area contributed by atoms with E-state index in [1.165, 1.54) is 0 Å². The van der Waals surface area contributed by atoms with Crippen LogP contribution in [0.25, 0.3) is 0 Å².